The van der Waals surface area contributed by atoms with Crippen LogP contribution in [0.2, 0.25) is 0 Å². The molecule has 0 amide bonds. The zero-order valence-electron chi connectivity index (χ0n) is 9.91. The van der Waals surface area contributed by atoms with Gasteiger partial charge in [0.25, 0.3) is 0 Å². The highest BCUT2D eigenvalue weighted by Gasteiger charge is 2.36. The summed E-state index contributed by atoms with van der Waals surface area (Å²) in [6, 6.07) is 0.495. The van der Waals surface area contributed by atoms with Crippen LogP contribution in [-0.2, 0) is 4.74 Å². The molecule has 2 fully saturated rings. The van der Waals surface area contributed by atoms with Crippen molar-refractivity contribution in [3.05, 3.63) is 0 Å². The van der Waals surface area contributed by atoms with E-state index in [2.05, 4.69) is 18.9 Å². The lowest BCUT2D eigenvalue weighted by Gasteiger charge is -2.33. The lowest BCUT2D eigenvalue weighted by molar-refractivity contribution is -0.00528. The van der Waals surface area contributed by atoms with Crippen molar-refractivity contribution in [3.8, 4) is 0 Å². The van der Waals surface area contributed by atoms with Crippen molar-refractivity contribution < 1.29 is 9.84 Å². The van der Waals surface area contributed by atoms with E-state index in [0.29, 0.717) is 12.1 Å². The summed E-state index contributed by atoms with van der Waals surface area (Å²) < 4.78 is 5.56. The largest absolute Gasteiger partial charge is 0.389 e. The lowest BCUT2D eigenvalue weighted by Crippen LogP contribution is -2.46. The minimum absolute atomic E-state index is 0.319. The number of hydrogen-bond acceptors (Lipinski definition) is 3. The molecule has 1 heterocycles. The highest BCUT2D eigenvalue weighted by molar-refractivity contribution is 4.90. The Labute approximate surface area is 92.4 Å². The molecule has 1 N–H and O–H groups in total. The predicted octanol–water partition coefficient (Wildman–Crippen LogP) is 1.40. The third-order valence-electron chi connectivity index (χ3n) is 3.98. The van der Waals surface area contributed by atoms with Gasteiger partial charge in [0.05, 0.1) is 11.7 Å². The van der Waals surface area contributed by atoms with E-state index in [-0.39, 0.29) is 0 Å². The molecule has 0 bridgehead atoms. The smallest absolute Gasteiger partial charge is 0.0774 e. The van der Waals surface area contributed by atoms with Crippen molar-refractivity contribution >= 4 is 0 Å². The van der Waals surface area contributed by atoms with E-state index in [9.17, 15) is 5.11 Å². The van der Waals surface area contributed by atoms with Gasteiger partial charge in [0, 0.05) is 19.2 Å². The van der Waals surface area contributed by atoms with Gasteiger partial charge in [-0.3, -0.25) is 4.90 Å². The number of hydrogen-bond donors (Lipinski definition) is 1. The van der Waals surface area contributed by atoms with Gasteiger partial charge in [-0.1, -0.05) is 12.8 Å². The molecule has 1 saturated carbocycles. The van der Waals surface area contributed by atoms with Crippen molar-refractivity contribution in [1.29, 1.82) is 0 Å². The average Bonchev–Trinajstić information content (AvgIpc) is 2.74. The quantitative estimate of drug-likeness (QED) is 0.769. The summed E-state index contributed by atoms with van der Waals surface area (Å²) in [5, 5.41) is 10.3. The first-order valence-corrected chi connectivity index (χ1v) is 6.15. The van der Waals surface area contributed by atoms with Gasteiger partial charge in [0.15, 0.2) is 0 Å². The second-order valence-electron chi connectivity index (χ2n) is 5.28. The van der Waals surface area contributed by atoms with Crippen LogP contribution in [-0.4, -0.2) is 48.0 Å². The normalized spacial score (nSPS) is 35.2. The van der Waals surface area contributed by atoms with E-state index >= 15 is 0 Å². The van der Waals surface area contributed by atoms with Crippen LogP contribution in [0.5, 0.6) is 0 Å². The van der Waals surface area contributed by atoms with E-state index in [0.717, 1.165) is 32.4 Å². The Morgan fingerprint density at radius 2 is 2.07 bits per heavy atom. The van der Waals surface area contributed by atoms with E-state index in [1.807, 2.05) is 0 Å². The van der Waals surface area contributed by atoms with E-state index in [1.165, 1.54) is 12.8 Å². The van der Waals surface area contributed by atoms with Crippen molar-refractivity contribution in [1.82, 2.24) is 4.90 Å². The summed E-state index contributed by atoms with van der Waals surface area (Å²) in [5.74, 6) is 0. The zero-order chi connectivity index (χ0) is 10.9. The van der Waals surface area contributed by atoms with Crippen LogP contribution < -0.4 is 0 Å². The third kappa shape index (κ3) is 2.52. The molecule has 2 atom stereocenters. The monoisotopic (exact) mass is 213 g/mol. The van der Waals surface area contributed by atoms with Gasteiger partial charge in [-0.15, -0.1) is 0 Å². The first-order valence-electron chi connectivity index (χ1n) is 6.15. The molecule has 15 heavy (non-hydrogen) atoms. The molecule has 2 aliphatic rings. The molecule has 2 rings (SSSR count). The summed E-state index contributed by atoms with van der Waals surface area (Å²) in [6.45, 7) is 3.81. The van der Waals surface area contributed by atoms with Crippen molar-refractivity contribution in [2.24, 2.45) is 0 Å². The molecule has 2 unspecified atom stereocenters. The summed E-state index contributed by atoms with van der Waals surface area (Å²) in [6.07, 6.45) is 5.73. The molecule has 0 aromatic heterocycles. The molecule has 88 valence electrons. The fourth-order valence-electron chi connectivity index (χ4n) is 3.07. The van der Waals surface area contributed by atoms with Gasteiger partial charge >= 0.3 is 0 Å². The zero-order valence-corrected chi connectivity index (χ0v) is 9.91. The Kier molecular flexibility index (Phi) is 3.33. The fraction of sp³-hybridized carbons (Fsp3) is 1.00. The molecule has 1 saturated heterocycles. The number of ether oxygens (including phenoxy) is 1. The van der Waals surface area contributed by atoms with Gasteiger partial charge in [0.1, 0.15) is 0 Å². The first-order chi connectivity index (χ1) is 7.11. The number of aliphatic hydroxyl groups is 1. The number of rotatable bonds is 3. The van der Waals surface area contributed by atoms with Crippen LogP contribution in [0.1, 0.15) is 39.0 Å². The van der Waals surface area contributed by atoms with Gasteiger partial charge in [0.2, 0.25) is 0 Å². The number of nitrogens with zero attached hydrogens (tertiary/aromatic N) is 1. The average molecular weight is 213 g/mol. The second kappa shape index (κ2) is 4.40. The van der Waals surface area contributed by atoms with Gasteiger partial charge in [-0.05, 0) is 33.2 Å². The second-order valence-corrected chi connectivity index (χ2v) is 5.28. The standard InChI is InChI=1S/C12H23NO2/c1-10-11(5-8-15-10)13(2)9-12(14)6-3-4-7-12/h10-11,14H,3-9H2,1-2H3. The maximum Gasteiger partial charge on any atom is 0.0774 e. The Morgan fingerprint density at radius 1 is 1.40 bits per heavy atom. The fourth-order valence-corrected chi connectivity index (χ4v) is 3.07. The van der Waals surface area contributed by atoms with Crippen LogP contribution in [0.15, 0.2) is 0 Å². The Bertz CT molecular complexity index is 214. The van der Waals surface area contributed by atoms with Crippen LogP contribution in [0.3, 0.4) is 0 Å². The molecule has 3 heteroatoms. The minimum atomic E-state index is -0.420. The molecular weight excluding hydrogens is 190 g/mol. The predicted molar refractivity (Wildman–Crippen MR) is 59.9 cm³/mol. The van der Waals surface area contributed by atoms with E-state index in [4.69, 9.17) is 4.74 Å². The molecular formula is C12H23NO2. The van der Waals surface area contributed by atoms with Crippen LogP contribution in [0, 0.1) is 0 Å². The third-order valence-corrected chi connectivity index (χ3v) is 3.98. The minimum Gasteiger partial charge on any atom is -0.389 e. The molecule has 1 aliphatic heterocycles. The topological polar surface area (TPSA) is 32.7 Å². The Morgan fingerprint density at radius 3 is 2.60 bits per heavy atom. The van der Waals surface area contributed by atoms with E-state index < -0.39 is 5.60 Å². The highest BCUT2D eigenvalue weighted by atomic mass is 16.5. The SMILES string of the molecule is CC1OCCC1N(C)CC1(O)CCCC1. The first kappa shape index (κ1) is 11.4. The summed E-state index contributed by atoms with van der Waals surface area (Å²) >= 11 is 0. The van der Waals surface area contributed by atoms with Crippen molar-refractivity contribution in [2.75, 3.05) is 20.2 Å². The molecule has 0 aromatic rings. The Hall–Kier alpha value is -0.120. The van der Waals surface area contributed by atoms with Crippen LogP contribution >= 0.6 is 0 Å². The molecule has 0 spiro atoms. The van der Waals surface area contributed by atoms with Crippen LogP contribution in [0.25, 0.3) is 0 Å². The van der Waals surface area contributed by atoms with Crippen molar-refractivity contribution in [2.45, 2.75) is 56.8 Å². The number of likely N-dealkylation sites (N-methyl/N-ethyl adjacent to an activating group) is 1. The van der Waals surface area contributed by atoms with Gasteiger partial charge < -0.3 is 9.84 Å². The molecule has 0 radical (unpaired) electrons. The Balaban J connectivity index is 1.88. The van der Waals surface area contributed by atoms with Crippen LogP contribution in [0.4, 0.5) is 0 Å². The van der Waals surface area contributed by atoms with E-state index in [1.54, 1.807) is 0 Å². The maximum atomic E-state index is 10.3. The molecule has 1 aliphatic carbocycles. The lowest BCUT2D eigenvalue weighted by atomic mass is 10.00. The molecule has 0 aromatic carbocycles. The van der Waals surface area contributed by atoms with Gasteiger partial charge in [-0.2, -0.15) is 0 Å². The van der Waals surface area contributed by atoms with Crippen molar-refractivity contribution in [3.63, 3.8) is 0 Å². The van der Waals surface area contributed by atoms with Gasteiger partial charge in [-0.25, -0.2) is 0 Å². The molecule has 3 nitrogen and oxygen atoms in total. The maximum absolute atomic E-state index is 10.3. The highest BCUT2D eigenvalue weighted by Crippen LogP contribution is 2.31. The summed E-state index contributed by atoms with van der Waals surface area (Å²) in [7, 11) is 2.12. The summed E-state index contributed by atoms with van der Waals surface area (Å²) in [4.78, 5) is 2.29. The summed E-state index contributed by atoms with van der Waals surface area (Å²) in [5.41, 5.74) is -0.420.